The summed E-state index contributed by atoms with van der Waals surface area (Å²) in [6.07, 6.45) is -2.23. The summed E-state index contributed by atoms with van der Waals surface area (Å²) >= 11 is 1.09. The van der Waals surface area contributed by atoms with Crippen LogP contribution in [-0.2, 0) is 6.18 Å². The molecule has 1 unspecified atom stereocenters. The van der Waals surface area contributed by atoms with E-state index >= 15 is 0 Å². The Morgan fingerprint density at radius 3 is 2.37 bits per heavy atom. The van der Waals surface area contributed by atoms with Gasteiger partial charge < -0.3 is 14.6 Å². The number of amides is 1. The monoisotopic (exact) mass is 396 g/mol. The van der Waals surface area contributed by atoms with E-state index in [-0.39, 0.29) is 17.0 Å². The van der Waals surface area contributed by atoms with E-state index in [0.717, 1.165) is 50.3 Å². The fraction of sp³-hybridized carbons (Fsp3) is 0.421. The topological polar surface area (TPSA) is 45.5 Å². The molecule has 3 fully saturated rings. The standard InChI is InChI=1S/C19H19F3N2O2S/c20-19(21,22)16-5-6-17(26-16)27-14-3-1-13(2-4-14)18(25)23-15-11-24-9-7-12(15)8-10-24/h1-6,12,15H,7-11H2,(H,23,25). The summed E-state index contributed by atoms with van der Waals surface area (Å²) in [6.45, 7) is 3.14. The Balaban J connectivity index is 1.37. The van der Waals surface area contributed by atoms with Crippen molar-refractivity contribution in [2.24, 2.45) is 5.92 Å². The van der Waals surface area contributed by atoms with Crippen LogP contribution in [0.3, 0.4) is 0 Å². The molecule has 2 bridgehead atoms. The molecule has 1 N–H and O–H groups in total. The zero-order valence-electron chi connectivity index (χ0n) is 14.5. The van der Waals surface area contributed by atoms with E-state index in [4.69, 9.17) is 4.42 Å². The zero-order chi connectivity index (χ0) is 19.0. The first-order valence-electron chi connectivity index (χ1n) is 8.87. The first-order chi connectivity index (χ1) is 12.9. The van der Waals surface area contributed by atoms with Crippen molar-refractivity contribution in [2.75, 3.05) is 19.6 Å². The number of fused-ring (bicyclic) bond motifs is 3. The summed E-state index contributed by atoms with van der Waals surface area (Å²) in [6, 6.07) is 9.20. The number of alkyl halides is 3. The lowest BCUT2D eigenvalue weighted by atomic mass is 9.84. The molecule has 4 heterocycles. The van der Waals surface area contributed by atoms with Crippen molar-refractivity contribution >= 4 is 17.7 Å². The lowest BCUT2D eigenvalue weighted by Gasteiger charge is -2.44. The molecule has 1 aromatic heterocycles. The smallest absolute Gasteiger partial charge is 0.445 e. The number of halogens is 3. The lowest BCUT2D eigenvalue weighted by Crippen LogP contribution is -2.57. The molecule has 1 aromatic carbocycles. The Morgan fingerprint density at radius 2 is 1.81 bits per heavy atom. The molecule has 3 aliphatic heterocycles. The van der Waals surface area contributed by atoms with Crippen molar-refractivity contribution < 1.29 is 22.4 Å². The van der Waals surface area contributed by atoms with Gasteiger partial charge in [0.05, 0.1) is 0 Å². The van der Waals surface area contributed by atoms with Crippen LogP contribution in [0.25, 0.3) is 0 Å². The lowest BCUT2D eigenvalue weighted by molar-refractivity contribution is -0.154. The average Bonchev–Trinajstić information content (AvgIpc) is 3.12. The normalized spacial score (nSPS) is 24.8. The average molecular weight is 396 g/mol. The van der Waals surface area contributed by atoms with Gasteiger partial charge in [0.1, 0.15) is 0 Å². The molecular weight excluding hydrogens is 377 g/mol. The van der Waals surface area contributed by atoms with Crippen LogP contribution < -0.4 is 5.32 Å². The molecule has 0 radical (unpaired) electrons. The van der Waals surface area contributed by atoms with Gasteiger partial charge in [0, 0.05) is 23.0 Å². The maximum Gasteiger partial charge on any atom is 0.449 e. The Bertz CT molecular complexity index is 811. The summed E-state index contributed by atoms with van der Waals surface area (Å²) in [5, 5.41) is 3.28. The Kier molecular flexibility index (Phi) is 4.94. The van der Waals surface area contributed by atoms with Gasteiger partial charge in [-0.05, 0) is 68.2 Å². The van der Waals surface area contributed by atoms with Gasteiger partial charge in [-0.1, -0.05) is 11.8 Å². The number of benzene rings is 1. The molecule has 144 valence electrons. The minimum absolute atomic E-state index is 0.109. The third kappa shape index (κ3) is 4.16. The SMILES string of the molecule is O=C(NC1CN2CCC1CC2)c1ccc(Sc2ccc(C(F)(F)F)o2)cc1. The predicted octanol–water partition coefficient (Wildman–Crippen LogP) is 4.27. The van der Waals surface area contributed by atoms with Crippen molar-refractivity contribution in [1.29, 1.82) is 0 Å². The maximum atomic E-state index is 12.6. The van der Waals surface area contributed by atoms with Crippen LogP contribution in [0.4, 0.5) is 13.2 Å². The third-order valence-electron chi connectivity index (χ3n) is 5.17. The molecule has 1 amide bonds. The summed E-state index contributed by atoms with van der Waals surface area (Å²) in [5.41, 5.74) is 0.547. The number of rotatable bonds is 4. The first kappa shape index (κ1) is 18.4. The zero-order valence-corrected chi connectivity index (χ0v) is 15.3. The minimum Gasteiger partial charge on any atom is -0.445 e. The molecule has 1 atom stereocenters. The van der Waals surface area contributed by atoms with E-state index in [1.54, 1.807) is 24.3 Å². The minimum atomic E-state index is -4.49. The van der Waals surface area contributed by atoms with Crippen LogP contribution in [0.1, 0.15) is 29.0 Å². The van der Waals surface area contributed by atoms with Crippen molar-refractivity contribution in [3.05, 3.63) is 47.7 Å². The number of carbonyl (C=O) groups excluding carboxylic acids is 1. The maximum absolute atomic E-state index is 12.6. The second kappa shape index (κ2) is 7.24. The molecule has 0 spiro atoms. The molecule has 4 nitrogen and oxygen atoms in total. The largest absolute Gasteiger partial charge is 0.449 e. The van der Waals surface area contributed by atoms with Gasteiger partial charge in [-0.15, -0.1) is 0 Å². The Labute approximate surface area is 159 Å². The summed E-state index contributed by atoms with van der Waals surface area (Å²) < 4.78 is 42.6. The molecule has 3 aliphatic rings. The molecule has 2 aromatic rings. The van der Waals surface area contributed by atoms with E-state index in [0.29, 0.717) is 16.4 Å². The number of nitrogens with zero attached hydrogens (tertiary/aromatic N) is 1. The quantitative estimate of drug-likeness (QED) is 0.838. The van der Waals surface area contributed by atoms with Crippen molar-refractivity contribution in [3.63, 3.8) is 0 Å². The molecule has 8 heteroatoms. The van der Waals surface area contributed by atoms with Crippen LogP contribution in [0.2, 0.25) is 0 Å². The van der Waals surface area contributed by atoms with E-state index in [2.05, 4.69) is 10.2 Å². The van der Waals surface area contributed by atoms with Gasteiger partial charge in [0.25, 0.3) is 5.91 Å². The Hall–Kier alpha value is -1.93. The van der Waals surface area contributed by atoms with Crippen LogP contribution in [-0.4, -0.2) is 36.5 Å². The van der Waals surface area contributed by atoms with Crippen LogP contribution >= 0.6 is 11.8 Å². The summed E-state index contributed by atoms with van der Waals surface area (Å²) in [7, 11) is 0. The van der Waals surface area contributed by atoms with Crippen LogP contribution in [0.5, 0.6) is 0 Å². The van der Waals surface area contributed by atoms with Gasteiger partial charge in [-0.3, -0.25) is 4.79 Å². The molecule has 0 saturated carbocycles. The predicted molar refractivity (Wildman–Crippen MR) is 94.7 cm³/mol. The van der Waals surface area contributed by atoms with E-state index < -0.39 is 11.9 Å². The molecule has 5 rings (SSSR count). The summed E-state index contributed by atoms with van der Waals surface area (Å²) in [4.78, 5) is 15.6. The highest BCUT2D eigenvalue weighted by Gasteiger charge is 2.35. The number of hydrogen-bond acceptors (Lipinski definition) is 4. The fourth-order valence-corrected chi connectivity index (χ4v) is 4.47. The number of piperidine rings is 3. The van der Waals surface area contributed by atoms with Gasteiger partial charge in [-0.2, -0.15) is 13.2 Å². The first-order valence-corrected chi connectivity index (χ1v) is 9.68. The molecule has 27 heavy (non-hydrogen) atoms. The van der Waals surface area contributed by atoms with Crippen LogP contribution in [0.15, 0.2) is 50.8 Å². The van der Waals surface area contributed by atoms with Gasteiger partial charge in [-0.25, -0.2) is 0 Å². The van der Waals surface area contributed by atoms with Crippen molar-refractivity contribution in [2.45, 2.75) is 35.0 Å². The summed E-state index contributed by atoms with van der Waals surface area (Å²) in [5.74, 6) is -0.572. The van der Waals surface area contributed by atoms with Crippen molar-refractivity contribution in [1.82, 2.24) is 10.2 Å². The number of furan rings is 1. The third-order valence-corrected chi connectivity index (χ3v) is 6.10. The van der Waals surface area contributed by atoms with Crippen LogP contribution in [0, 0.1) is 5.92 Å². The van der Waals surface area contributed by atoms with E-state index in [1.807, 2.05) is 0 Å². The van der Waals surface area contributed by atoms with E-state index in [9.17, 15) is 18.0 Å². The second-order valence-electron chi connectivity index (χ2n) is 6.96. The number of nitrogens with one attached hydrogen (secondary N) is 1. The van der Waals surface area contributed by atoms with Crippen molar-refractivity contribution in [3.8, 4) is 0 Å². The highest BCUT2D eigenvalue weighted by Crippen LogP contribution is 2.36. The van der Waals surface area contributed by atoms with Gasteiger partial charge >= 0.3 is 6.18 Å². The molecular formula is C19H19F3N2O2S. The highest BCUT2D eigenvalue weighted by molar-refractivity contribution is 7.99. The molecule has 0 aliphatic carbocycles. The number of hydrogen-bond donors (Lipinski definition) is 1. The number of carbonyl (C=O) groups is 1. The van der Waals surface area contributed by atoms with E-state index in [1.165, 1.54) is 6.07 Å². The highest BCUT2D eigenvalue weighted by atomic mass is 32.2. The fourth-order valence-electron chi connectivity index (χ4n) is 3.70. The van der Waals surface area contributed by atoms with Gasteiger partial charge in [0.2, 0.25) is 5.76 Å². The van der Waals surface area contributed by atoms with Gasteiger partial charge in [0.15, 0.2) is 5.09 Å². The Morgan fingerprint density at radius 1 is 1.11 bits per heavy atom. The molecule has 3 saturated heterocycles. The second-order valence-corrected chi connectivity index (χ2v) is 8.04.